The SMILES string of the molecule is COc1ccc(OC)c(-c2sc(C)nc2CN)c1. The van der Waals surface area contributed by atoms with Gasteiger partial charge in [-0.3, -0.25) is 0 Å². The monoisotopic (exact) mass is 264 g/mol. The van der Waals surface area contributed by atoms with Crippen LogP contribution in [-0.2, 0) is 6.54 Å². The third-order valence-corrected chi connectivity index (χ3v) is 3.70. The highest BCUT2D eigenvalue weighted by molar-refractivity contribution is 7.15. The van der Waals surface area contributed by atoms with E-state index in [9.17, 15) is 0 Å². The summed E-state index contributed by atoms with van der Waals surface area (Å²) in [4.78, 5) is 5.48. The maximum absolute atomic E-state index is 5.74. The van der Waals surface area contributed by atoms with Gasteiger partial charge in [-0.1, -0.05) is 0 Å². The number of ether oxygens (including phenoxy) is 2. The van der Waals surface area contributed by atoms with Crippen LogP contribution in [0.15, 0.2) is 18.2 Å². The maximum atomic E-state index is 5.74. The van der Waals surface area contributed by atoms with Crippen LogP contribution in [0.25, 0.3) is 10.4 Å². The first-order valence-corrected chi connectivity index (χ1v) is 6.40. The normalized spacial score (nSPS) is 10.4. The van der Waals surface area contributed by atoms with Gasteiger partial charge < -0.3 is 15.2 Å². The molecule has 0 radical (unpaired) electrons. The average molecular weight is 264 g/mol. The highest BCUT2D eigenvalue weighted by Gasteiger charge is 2.15. The Balaban J connectivity index is 2.60. The molecule has 0 aliphatic carbocycles. The van der Waals surface area contributed by atoms with Crippen molar-refractivity contribution in [2.24, 2.45) is 5.73 Å². The molecule has 0 unspecified atom stereocenters. The summed E-state index contributed by atoms with van der Waals surface area (Å²) in [5.41, 5.74) is 7.60. The second kappa shape index (κ2) is 5.37. The van der Waals surface area contributed by atoms with Crippen molar-refractivity contribution in [3.05, 3.63) is 28.9 Å². The van der Waals surface area contributed by atoms with E-state index in [0.29, 0.717) is 6.54 Å². The lowest BCUT2D eigenvalue weighted by Gasteiger charge is -2.09. The molecule has 1 heterocycles. The molecule has 1 aromatic heterocycles. The molecule has 0 aliphatic rings. The summed E-state index contributed by atoms with van der Waals surface area (Å²) in [5, 5.41) is 0.996. The van der Waals surface area contributed by atoms with Crippen LogP contribution in [-0.4, -0.2) is 19.2 Å². The number of nitrogens with zero attached hydrogens (tertiary/aromatic N) is 1. The lowest BCUT2D eigenvalue weighted by molar-refractivity contribution is 0.404. The molecule has 0 aliphatic heterocycles. The number of hydrogen-bond acceptors (Lipinski definition) is 5. The molecular weight excluding hydrogens is 248 g/mol. The largest absolute Gasteiger partial charge is 0.497 e. The van der Waals surface area contributed by atoms with E-state index < -0.39 is 0 Å². The topological polar surface area (TPSA) is 57.4 Å². The minimum atomic E-state index is 0.417. The van der Waals surface area contributed by atoms with E-state index >= 15 is 0 Å². The fraction of sp³-hybridized carbons (Fsp3) is 0.308. The quantitative estimate of drug-likeness (QED) is 0.922. The first kappa shape index (κ1) is 12.9. The summed E-state index contributed by atoms with van der Waals surface area (Å²) < 4.78 is 10.6. The van der Waals surface area contributed by atoms with Crippen molar-refractivity contribution < 1.29 is 9.47 Å². The van der Waals surface area contributed by atoms with Gasteiger partial charge in [0.15, 0.2) is 0 Å². The Hall–Kier alpha value is -1.59. The molecule has 2 N–H and O–H groups in total. The predicted octanol–water partition coefficient (Wildman–Crippen LogP) is 2.59. The lowest BCUT2D eigenvalue weighted by atomic mass is 10.1. The molecule has 0 amide bonds. The fourth-order valence-electron chi connectivity index (χ4n) is 1.81. The third kappa shape index (κ3) is 2.32. The molecule has 0 saturated carbocycles. The average Bonchev–Trinajstić information content (AvgIpc) is 2.79. The van der Waals surface area contributed by atoms with Gasteiger partial charge in [-0.25, -0.2) is 4.98 Å². The minimum Gasteiger partial charge on any atom is -0.497 e. The van der Waals surface area contributed by atoms with Crippen molar-refractivity contribution in [1.82, 2.24) is 4.98 Å². The molecule has 4 nitrogen and oxygen atoms in total. The molecule has 1 aromatic carbocycles. The summed E-state index contributed by atoms with van der Waals surface area (Å²) in [6.07, 6.45) is 0. The van der Waals surface area contributed by atoms with E-state index in [1.54, 1.807) is 25.6 Å². The van der Waals surface area contributed by atoms with Crippen LogP contribution in [0.4, 0.5) is 0 Å². The van der Waals surface area contributed by atoms with Crippen LogP contribution in [0.3, 0.4) is 0 Å². The number of rotatable bonds is 4. The van der Waals surface area contributed by atoms with Crippen molar-refractivity contribution in [2.75, 3.05) is 14.2 Å². The van der Waals surface area contributed by atoms with E-state index in [4.69, 9.17) is 15.2 Å². The predicted molar refractivity (Wildman–Crippen MR) is 73.3 cm³/mol. The summed E-state index contributed by atoms with van der Waals surface area (Å²) in [7, 11) is 3.30. The van der Waals surface area contributed by atoms with Gasteiger partial charge in [0.25, 0.3) is 0 Å². The first-order valence-electron chi connectivity index (χ1n) is 5.58. The zero-order chi connectivity index (χ0) is 13.1. The Bertz CT molecular complexity index is 552. The summed E-state index contributed by atoms with van der Waals surface area (Å²) >= 11 is 1.61. The standard InChI is InChI=1S/C13H16N2O2S/c1-8-15-11(7-14)13(18-8)10-6-9(16-2)4-5-12(10)17-3/h4-6H,7,14H2,1-3H3. The van der Waals surface area contributed by atoms with Gasteiger partial charge in [0.1, 0.15) is 11.5 Å². The highest BCUT2D eigenvalue weighted by Crippen LogP contribution is 2.38. The van der Waals surface area contributed by atoms with Crippen molar-refractivity contribution in [1.29, 1.82) is 0 Å². The number of thiazole rings is 1. The Labute approximate surface area is 110 Å². The smallest absolute Gasteiger partial charge is 0.127 e. The van der Waals surface area contributed by atoms with Crippen LogP contribution in [0.2, 0.25) is 0 Å². The minimum absolute atomic E-state index is 0.417. The van der Waals surface area contributed by atoms with Crippen molar-refractivity contribution in [2.45, 2.75) is 13.5 Å². The number of methoxy groups -OCH3 is 2. The molecule has 0 spiro atoms. The van der Waals surface area contributed by atoms with E-state index in [1.807, 2.05) is 25.1 Å². The van der Waals surface area contributed by atoms with Crippen LogP contribution in [0, 0.1) is 6.92 Å². The highest BCUT2D eigenvalue weighted by atomic mass is 32.1. The number of aromatic nitrogens is 1. The Morgan fingerprint density at radius 2 is 2.06 bits per heavy atom. The first-order chi connectivity index (χ1) is 8.69. The molecule has 96 valence electrons. The summed E-state index contributed by atoms with van der Waals surface area (Å²) in [5.74, 6) is 1.59. The van der Waals surface area contributed by atoms with E-state index in [1.165, 1.54) is 0 Å². The van der Waals surface area contributed by atoms with Crippen LogP contribution in [0.5, 0.6) is 11.5 Å². The fourth-order valence-corrected chi connectivity index (χ4v) is 2.78. The molecule has 0 bridgehead atoms. The van der Waals surface area contributed by atoms with Crippen molar-refractivity contribution >= 4 is 11.3 Å². The number of hydrogen-bond donors (Lipinski definition) is 1. The number of benzene rings is 1. The molecular formula is C13H16N2O2S. The molecule has 0 fully saturated rings. The van der Waals surface area contributed by atoms with E-state index in [-0.39, 0.29) is 0 Å². The van der Waals surface area contributed by atoms with Gasteiger partial charge in [0.05, 0.1) is 29.8 Å². The van der Waals surface area contributed by atoms with Gasteiger partial charge in [-0.2, -0.15) is 0 Å². The Morgan fingerprint density at radius 3 is 2.67 bits per heavy atom. The Kier molecular flexibility index (Phi) is 3.84. The molecule has 18 heavy (non-hydrogen) atoms. The second-order valence-corrected chi connectivity index (χ2v) is 4.98. The van der Waals surface area contributed by atoms with Crippen molar-refractivity contribution in [3.8, 4) is 21.9 Å². The molecule has 0 atom stereocenters. The van der Waals surface area contributed by atoms with E-state index in [0.717, 1.165) is 32.6 Å². The third-order valence-electron chi connectivity index (χ3n) is 2.65. The van der Waals surface area contributed by atoms with Gasteiger partial charge >= 0.3 is 0 Å². The van der Waals surface area contributed by atoms with Crippen LogP contribution >= 0.6 is 11.3 Å². The van der Waals surface area contributed by atoms with Gasteiger partial charge in [0.2, 0.25) is 0 Å². The molecule has 0 saturated heterocycles. The van der Waals surface area contributed by atoms with E-state index in [2.05, 4.69) is 4.98 Å². The van der Waals surface area contributed by atoms with Crippen LogP contribution in [0.1, 0.15) is 10.7 Å². The van der Waals surface area contributed by atoms with Gasteiger partial charge in [-0.05, 0) is 25.1 Å². The number of nitrogens with two attached hydrogens (primary N) is 1. The zero-order valence-electron chi connectivity index (χ0n) is 10.7. The van der Waals surface area contributed by atoms with Gasteiger partial charge in [-0.15, -0.1) is 11.3 Å². The molecule has 2 aromatic rings. The zero-order valence-corrected chi connectivity index (χ0v) is 11.5. The second-order valence-electron chi connectivity index (χ2n) is 3.78. The number of aryl methyl sites for hydroxylation is 1. The van der Waals surface area contributed by atoms with Gasteiger partial charge in [0, 0.05) is 12.1 Å². The molecule has 5 heteroatoms. The lowest BCUT2D eigenvalue weighted by Crippen LogP contribution is -1.99. The summed E-state index contributed by atoms with van der Waals surface area (Å²) in [6, 6.07) is 5.72. The summed E-state index contributed by atoms with van der Waals surface area (Å²) in [6.45, 7) is 2.39. The van der Waals surface area contributed by atoms with Crippen molar-refractivity contribution in [3.63, 3.8) is 0 Å². The Morgan fingerprint density at radius 1 is 1.28 bits per heavy atom. The van der Waals surface area contributed by atoms with Crippen LogP contribution < -0.4 is 15.2 Å². The molecule has 2 rings (SSSR count). The maximum Gasteiger partial charge on any atom is 0.127 e.